The van der Waals surface area contributed by atoms with Gasteiger partial charge in [0.1, 0.15) is 0 Å². The van der Waals surface area contributed by atoms with Crippen LogP contribution < -0.4 is 0 Å². The second-order valence-electron chi connectivity index (χ2n) is 3.48. The zero-order chi connectivity index (χ0) is 12.7. The van der Waals surface area contributed by atoms with Crippen molar-refractivity contribution in [1.29, 1.82) is 0 Å². The summed E-state index contributed by atoms with van der Waals surface area (Å²) in [5.41, 5.74) is 0.941. The van der Waals surface area contributed by atoms with E-state index in [2.05, 4.69) is 4.18 Å². The topological polar surface area (TPSA) is 69.7 Å². The lowest BCUT2D eigenvalue weighted by Crippen LogP contribution is -2.24. The van der Waals surface area contributed by atoms with Gasteiger partial charge in [-0.1, -0.05) is 30.3 Å². The first kappa shape index (κ1) is 13.8. The van der Waals surface area contributed by atoms with Crippen LogP contribution in [0.3, 0.4) is 0 Å². The van der Waals surface area contributed by atoms with E-state index in [-0.39, 0.29) is 6.61 Å². The fourth-order valence-corrected chi connectivity index (χ4v) is 1.73. The molecule has 0 radical (unpaired) electrons. The molecule has 0 spiro atoms. The summed E-state index contributed by atoms with van der Waals surface area (Å²) in [6.45, 7) is 0.212. The third kappa shape index (κ3) is 6.15. The Morgan fingerprint density at radius 2 is 1.94 bits per heavy atom. The van der Waals surface area contributed by atoms with Crippen LogP contribution in [0.5, 0.6) is 0 Å². The Balaban J connectivity index is 2.36. The van der Waals surface area contributed by atoms with Crippen LogP contribution in [-0.4, -0.2) is 33.7 Å². The van der Waals surface area contributed by atoms with Gasteiger partial charge in [0.15, 0.2) is 12.4 Å². The van der Waals surface area contributed by atoms with Crippen molar-refractivity contribution in [3.8, 4) is 0 Å². The molecule has 1 aromatic carbocycles. The molecule has 0 aromatic heterocycles. The molecule has 0 aliphatic carbocycles. The van der Waals surface area contributed by atoms with Gasteiger partial charge < -0.3 is 9.53 Å². The van der Waals surface area contributed by atoms with Crippen LogP contribution >= 0.6 is 0 Å². The number of hydrogen-bond donors (Lipinski definition) is 0. The van der Waals surface area contributed by atoms with Gasteiger partial charge in [0.05, 0.1) is 19.5 Å². The molecular weight excluding hydrogens is 244 g/mol. The quantitative estimate of drug-likeness (QED) is 0.533. The van der Waals surface area contributed by atoms with Gasteiger partial charge in [-0.3, -0.25) is 4.18 Å². The summed E-state index contributed by atoms with van der Waals surface area (Å²) in [7, 11) is -3.64. The molecule has 0 fully saturated rings. The number of aldehydes is 1. The first-order chi connectivity index (χ1) is 8.01. The number of ether oxygens (including phenoxy) is 1. The van der Waals surface area contributed by atoms with E-state index in [9.17, 15) is 13.2 Å². The normalized spacial score (nSPS) is 13.2. The van der Waals surface area contributed by atoms with Crippen molar-refractivity contribution in [2.45, 2.75) is 12.7 Å². The minimum absolute atomic E-state index is 0.0918. The van der Waals surface area contributed by atoms with E-state index in [4.69, 9.17) is 4.74 Å². The average Bonchev–Trinajstić information content (AvgIpc) is 2.27. The van der Waals surface area contributed by atoms with Crippen LogP contribution in [0.1, 0.15) is 5.56 Å². The Morgan fingerprint density at radius 1 is 1.29 bits per heavy atom. The molecule has 1 atom stereocenters. The molecule has 0 saturated carbocycles. The standard InChI is InChI=1S/C11H14O5S/c1-17(13,14)16-11(7-12)9-15-8-10-5-3-2-4-6-10/h2-7,11H,8-9H2,1H3. The summed E-state index contributed by atoms with van der Waals surface area (Å²) in [5.74, 6) is 0. The first-order valence-electron chi connectivity index (χ1n) is 4.96. The van der Waals surface area contributed by atoms with Crippen molar-refractivity contribution in [2.75, 3.05) is 12.9 Å². The highest BCUT2D eigenvalue weighted by Crippen LogP contribution is 2.02. The maximum atomic E-state index is 10.8. The van der Waals surface area contributed by atoms with E-state index in [1.165, 1.54) is 0 Å². The van der Waals surface area contributed by atoms with Gasteiger partial charge in [-0.15, -0.1) is 0 Å². The Morgan fingerprint density at radius 3 is 2.47 bits per heavy atom. The lowest BCUT2D eigenvalue weighted by molar-refractivity contribution is -0.116. The summed E-state index contributed by atoms with van der Waals surface area (Å²) < 4.78 is 31.3. The van der Waals surface area contributed by atoms with E-state index < -0.39 is 16.2 Å². The summed E-state index contributed by atoms with van der Waals surface area (Å²) in [6, 6.07) is 9.34. The van der Waals surface area contributed by atoms with Crippen LogP contribution in [0.25, 0.3) is 0 Å². The second-order valence-corrected chi connectivity index (χ2v) is 5.08. The van der Waals surface area contributed by atoms with Gasteiger partial charge >= 0.3 is 0 Å². The predicted octanol–water partition coefficient (Wildman–Crippen LogP) is 0.747. The Kier molecular flexibility index (Phi) is 5.27. The van der Waals surface area contributed by atoms with Gasteiger partial charge in [0, 0.05) is 0 Å². The first-order valence-corrected chi connectivity index (χ1v) is 6.78. The number of benzene rings is 1. The zero-order valence-electron chi connectivity index (χ0n) is 9.41. The summed E-state index contributed by atoms with van der Waals surface area (Å²) in [4.78, 5) is 10.6. The highest BCUT2D eigenvalue weighted by atomic mass is 32.2. The lowest BCUT2D eigenvalue weighted by atomic mass is 10.2. The van der Waals surface area contributed by atoms with Gasteiger partial charge in [-0.2, -0.15) is 8.42 Å². The Hall–Kier alpha value is -1.24. The van der Waals surface area contributed by atoms with E-state index >= 15 is 0 Å². The molecule has 1 unspecified atom stereocenters. The largest absolute Gasteiger partial charge is 0.374 e. The molecule has 0 amide bonds. The minimum atomic E-state index is -3.64. The number of carbonyl (C=O) groups excluding carboxylic acids is 1. The monoisotopic (exact) mass is 258 g/mol. The van der Waals surface area contributed by atoms with Crippen LogP contribution in [0.15, 0.2) is 30.3 Å². The van der Waals surface area contributed by atoms with Gasteiger partial charge in [0.2, 0.25) is 0 Å². The molecule has 17 heavy (non-hydrogen) atoms. The van der Waals surface area contributed by atoms with E-state index in [0.29, 0.717) is 12.9 Å². The van der Waals surface area contributed by atoms with Crippen LogP contribution in [0.2, 0.25) is 0 Å². The van der Waals surface area contributed by atoms with Crippen LogP contribution in [-0.2, 0) is 30.4 Å². The molecular formula is C11H14O5S. The summed E-state index contributed by atoms with van der Waals surface area (Å²) in [5, 5.41) is 0. The molecule has 0 saturated heterocycles. The number of carbonyl (C=O) groups is 1. The molecule has 5 nitrogen and oxygen atoms in total. The molecule has 0 bridgehead atoms. The van der Waals surface area contributed by atoms with Crippen molar-refractivity contribution in [1.82, 2.24) is 0 Å². The molecule has 6 heteroatoms. The van der Waals surface area contributed by atoms with Gasteiger partial charge in [-0.25, -0.2) is 0 Å². The summed E-state index contributed by atoms with van der Waals surface area (Å²) >= 11 is 0. The lowest BCUT2D eigenvalue weighted by Gasteiger charge is -2.10. The molecule has 1 rings (SSSR count). The Bertz CT molecular complexity index is 440. The highest BCUT2D eigenvalue weighted by molar-refractivity contribution is 7.86. The maximum Gasteiger partial charge on any atom is 0.265 e. The summed E-state index contributed by atoms with van der Waals surface area (Å²) in [6.07, 6.45) is 0.209. The SMILES string of the molecule is CS(=O)(=O)OC(C=O)COCc1ccccc1. The van der Waals surface area contributed by atoms with E-state index in [0.717, 1.165) is 11.8 Å². The van der Waals surface area contributed by atoms with Crippen molar-refractivity contribution in [2.24, 2.45) is 0 Å². The van der Waals surface area contributed by atoms with Crippen molar-refractivity contribution in [3.63, 3.8) is 0 Å². The van der Waals surface area contributed by atoms with Crippen molar-refractivity contribution in [3.05, 3.63) is 35.9 Å². The molecule has 94 valence electrons. The Labute approximate surface area is 100 Å². The highest BCUT2D eigenvalue weighted by Gasteiger charge is 2.14. The smallest absolute Gasteiger partial charge is 0.265 e. The molecule has 0 heterocycles. The molecule has 0 aliphatic heterocycles. The average molecular weight is 258 g/mol. The molecule has 0 N–H and O–H groups in total. The van der Waals surface area contributed by atoms with Crippen LogP contribution in [0.4, 0.5) is 0 Å². The van der Waals surface area contributed by atoms with Crippen molar-refractivity contribution < 1.29 is 22.1 Å². The minimum Gasteiger partial charge on any atom is -0.374 e. The fraction of sp³-hybridized carbons (Fsp3) is 0.364. The van der Waals surface area contributed by atoms with Crippen LogP contribution in [0, 0.1) is 0 Å². The molecule has 0 aliphatic rings. The fourth-order valence-electron chi connectivity index (χ4n) is 1.18. The number of hydrogen-bond acceptors (Lipinski definition) is 5. The van der Waals surface area contributed by atoms with E-state index in [1.807, 2.05) is 30.3 Å². The van der Waals surface area contributed by atoms with Gasteiger partial charge in [0.25, 0.3) is 10.1 Å². The predicted molar refractivity (Wildman–Crippen MR) is 61.9 cm³/mol. The molecule has 1 aromatic rings. The zero-order valence-corrected chi connectivity index (χ0v) is 10.2. The van der Waals surface area contributed by atoms with Gasteiger partial charge in [-0.05, 0) is 5.56 Å². The second kappa shape index (κ2) is 6.48. The van der Waals surface area contributed by atoms with E-state index in [1.54, 1.807) is 0 Å². The number of rotatable bonds is 7. The van der Waals surface area contributed by atoms with Crippen molar-refractivity contribution >= 4 is 16.4 Å². The third-order valence-electron chi connectivity index (χ3n) is 1.84. The third-order valence-corrected chi connectivity index (χ3v) is 2.44. The maximum absolute atomic E-state index is 10.8.